The molecule has 1 heterocycles. The third-order valence-corrected chi connectivity index (χ3v) is 2.12. The Labute approximate surface area is 96.4 Å². The lowest BCUT2D eigenvalue weighted by atomic mass is 9.92. The predicted octanol–water partition coefficient (Wildman–Crippen LogP) is 1.60. The van der Waals surface area contributed by atoms with Gasteiger partial charge < -0.3 is 10.2 Å². The minimum absolute atomic E-state index is 0.0322. The van der Waals surface area contributed by atoms with Crippen molar-refractivity contribution in [2.45, 2.75) is 39.7 Å². The van der Waals surface area contributed by atoms with Gasteiger partial charge in [-0.05, 0) is 6.92 Å². The molecule has 0 radical (unpaired) electrons. The second-order valence-electron chi connectivity index (χ2n) is 4.59. The van der Waals surface area contributed by atoms with E-state index < -0.39 is 0 Å². The van der Waals surface area contributed by atoms with Crippen LogP contribution in [-0.4, -0.2) is 16.6 Å². The second-order valence-corrected chi connectivity index (χ2v) is 4.59. The fraction of sp³-hybridized carbons (Fsp3) is 0.636. The Balaban J connectivity index is 3.01. The van der Waals surface area contributed by atoms with Gasteiger partial charge in [-0.25, -0.2) is 15.8 Å². The van der Waals surface area contributed by atoms with Crippen LogP contribution in [0.25, 0.3) is 0 Å². The average molecular weight is 224 g/mol. The van der Waals surface area contributed by atoms with Gasteiger partial charge in [-0.1, -0.05) is 20.8 Å². The summed E-state index contributed by atoms with van der Waals surface area (Å²) < 4.78 is 5.29. The summed E-state index contributed by atoms with van der Waals surface area (Å²) in [6.07, 6.45) is 0. The van der Waals surface area contributed by atoms with E-state index in [1.807, 2.05) is 13.0 Å². The molecule has 5 heteroatoms. The maximum Gasteiger partial charge on any atom is 0.156 e. The van der Waals surface area contributed by atoms with Crippen LogP contribution in [-0.2, 0) is 16.8 Å². The number of hydrogen-bond acceptors (Lipinski definition) is 5. The van der Waals surface area contributed by atoms with Crippen molar-refractivity contribution < 1.29 is 4.74 Å². The fourth-order valence-corrected chi connectivity index (χ4v) is 1.21. The van der Waals surface area contributed by atoms with Crippen LogP contribution in [0.1, 0.15) is 39.2 Å². The van der Waals surface area contributed by atoms with Gasteiger partial charge in [-0.3, -0.25) is 0 Å². The molecule has 0 bridgehead atoms. The monoisotopic (exact) mass is 224 g/mol. The molecule has 0 aliphatic rings. The number of rotatable bonds is 4. The van der Waals surface area contributed by atoms with E-state index in [4.69, 9.17) is 10.6 Å². The molecule has 1 rings (SSSR count). The molecule has 0 aromatic carbocycles. The molecule has 0 spiro atoms. The van der Waals surface area contributed by atoms with Gasteiger partial charge in [0.05, 0.1) is 5.69 Å². The lowest BCUT2D eigenvalue weighted by Gasteiger charge is -2.19. The molecule has 90 valence electrons. The number of anilines is 1. The molecule has 3 N–H and O–H groups in total. The third-order valence-electron chi connectivity index (χ3n) is 2.12. The van der Waals surface area contributed by atoms with E-state index in [0.717, 1.165) is 5.69 Å². The molecule has 0 aliphatic heterocycles. The summed E-state index contributed by atoms with van der Waals surface area (Å²) in [6.45, 7) is 9.29. The first-order valence-corrected chi connectivity index (χ1v) is 5.40. The van der Waals surface area contributed by atoms with Gasteiger partial charge in [0, 0.05) is 18.1 Å². The quantitative estimate of drug-likeness (QED) is 0.600. The first-order valence-electron chi connectivity index (χ1n) is 5.40. The van der Waals surface area contributed by atoms with E-state index in [1.54, 1.807) is 0 Å². The SMILES string of the molecule is CCOCc1nc(NN)cc(C(C)(C)C)n1. The van der Waals surface area contributed by atoms with Gasteiger partial charge in [-0.15, -0.1) is 0 Å². The normalized spacial score (nSPS) is 11.6. The smallest absolute Gasteiger partial charge is 0.156 e. The first kappa shape index (κ1) is 12.9. The number of aromatic nitrogens is 2. The van der Waals surface area contributed by atoms with Crippen LogP contribution < -0.4 is 11.3 Å². The van der Waals surface area contributed by atoms with Crippen LogP contribution in [0.15, 0.2) is 6.07 Å². The molecule has 5 nitrogen and oxygen atoms in total. The Hall–Kier alpha value is -1.20. The Kier molecular flexibility index (Phi) is 4.20. The highest BCUT2D eigenvalue weighted by Crippen LogP contribution is 2.22. The largest absolute Gasteiger partial charge is 0.374 e. The van der Waals surface area contributed by atoms with Crippen molar-refractivity contribution in [2.75, 3.05) is 12.0 Å². The van der Waals surface area contributed by atoms with Gasteiger partial charge in [-0.2, -0.15) is 0 Å². The summed E-state index contributed by atoms with van der Waals surface area (Å²) >= 11 is 0. The van der Waals surface area contributed by atoms with Gasteiger partial charge in [0.15, 0.2) is 5.82 Å². The van der Waals surface area contributed by atoms with Crippen molar-refractivity contribution in [1.82, 2.24) is 9.97 Å². The number of nitrogens with two attached hydrogens (primary N) is 1. The molecular formula is C11H20N4O. The number of hydrogen-bond donors (Lipinski definition) is 2. The van der Waals surface area contributed by atoms with Crippen molar-refractivity contribution in [1.29, 1.82) is 0 Å². The number of nitrogens with zero attached hydrogens (tertiary/aromatic N) is 2. The molecule has 0 saturated carbocycles. The highest BCUT2D eigenvalue weighted by atomic mass is 16.5. The van der Waals surface area contributed by atoms with Gasteiger partial charge in [0.2, 0.25) is 0 Å². The zero-order valence-electron chi connectivity index (χ0n) is 10.4. The van der Waals surface area contributed by atoms with E-state index in [1.165, 1.54) is 0 Å². The minimum atomic E-state index is -0.0322. The molecular weight excluding hydrogens is 204 g/mol. The summed E-state index contributed by atoms with van der Waals surface area (Å²) in [5.74, 6) is 6.65. The molecule has 0 saturated heterocycles. The Morgan fingerprint density at radius 2 is 2.06 bits per heavy atom. The molecule has 1 aromatic rings. The molecule has 16 heavy (non-hydrogen) atoms. The minimum Gasteiger partial charge on any atom is -0.374 e. The van der Waals surface area contributed by atoms with E-state index in [0.29, 0.717) is 24.9 Å². The van der Waals surface area contributed by atoms with Gasteiger partial charge in [0.1, 0.15) is 12.4 Å². The highest BCUT2D eigenvalue weighted by molar-refractivity contribution is 5.36. The number of nitrogen functional groups attached to an aromatic ring is 1. The second kappa shape index (κ2) is 5.23. The fourth-order valence-electron chi connectivity index (χ4n) is 1.21. The van der Waals surface area contributed by atoms with Crippen molar-refractivity contribution in [3.8, 4) is 0 Å². The summed E-state index contributed by atoms with van der Waals surface area (Å²) in [5, 5.41) is 0. The predicted molar refractivity (Wildman–Crippen MR) is 63.9 cm³/mol. The van der Waals surface area contributed by atoms with Crippen molar-refractivity contribution in [2.24, 2.45) is 5.84 Å². The van der Waals surface area contributed by atoms with Crippen LogP contribution in [0, 0.1) is 0 Å². The van der Waals surface area contributed by atoms with Crippen molar-refractivity contribution in [3.05, 3.63) is 17.6 Å². The van der Waals surface area contributed by atoms with Crippen LogP contribution in [0.4, 0.5) is 5.82 Å². The van der Waals surface area contributed by atoms with Crippen LogP contribution in [0.5, 0.6) is 0 Å². The van der Waals surface area contributed by atoms with Crippen LogP contribution in [0.3, 0.4) is 0 Å². The maximum absolute atomic E-state index is 5.38. The number of ether oxygens (including phenoxy) is 1. The van der Waals surface area contributed by atoms with E-state index in [9.17, 15) is 0 Å². The maximum atomic E-state index is 5.38. The van der Waals surface area contributed by atoms with E-state index in [-0.39, 0.29) is 5.41 Å². The third kappa shape index (κ3) is 3.43. The van der Waals surface area contributed by atoms with Crippen LogP contribution in [0.2, 0.25) is 0 Å². The summed E-state index contributed by atoms with van der Waals surface area (Å²) in [7, 11) is 0. The topological polar surface area (TPSA) is 73.1 Å². The lowest BCUT2D eigenvalue weighted by molar-refractivity contribution is 0.128. The molecule has 1 aromatic heterocycles. The first-order chi connectivity index (χ1) is 7.47. The highest BCUT2D eigenvalue weighted by Gasteiger charge is 2.17. The lowest BCUT2D eigenvalue weighted by Crippen LogP contribution is -2.18. The van der Waals surface area contributed by atoms with E-state index >= 15 is 0 Å². The molecule has 0 amide bonds. The number of nitrogens with one attached hydrogen (secondary N) is 1. The van der Waals surface area contributed by atoms with Gasteiger partial charge >= 0.3 is 0 Å². The Morgan fingerprint density at radius 3 is 2.56 bits per heavy atom. The molecule has 0 fully saturated rings. The summed E-state index contributed by atoms with van der Waals surface area (Å²) in [5.41, 5.74) is 3.47. The Morgan fingerprint density at radius 1 is 1.38 bits per heavy atom. The van der Waals surface area contributed by atoms with Gasteiger partial charge in [0.25, 0.3) is 0 Å². The Bertz CT molecular complexity index is 346. The molecule has 0 atom stereocenters. The zero-order chi connectivity index (χ0) is 12.2. The van der Waals surface area contributed by atoms with Crippen LogP contribution >= 0.6 is 0 Å². The van der Waals surface area contributed by atoms with Crippen molar-refractivity contribution in [3.63, 3.8) is 0 Å². The zero-order valence-corrected chi connectivity index (χ0v) is 10.4. The number of hydrazine groups is 1. The average Bonchev–Trinajstić information content (AvgIpc) is 2.24. The summed E-state index contributed by atoms with van der Waals surface area (Å²) in [6, 6.07) is 1.86. The van der Waals surface area contributed by atoms with E-state index in [2.05, 4.69) is 36.2 Å². The standard InChI is InChI=1S/C11H20N4O/c1-5-16-7-10-13-8(11(2,3)4)6-9(14-10)15-12/h6H,5,7,12H2,1-4H3,(H,13,14,15). The van der Waals surface area contributed by atoms with Crippen molar-refractivity contribution >= 4 is 5.82 Å². The molecule has 0 aliphatic carbocycles. The molecule has 0 unspecified atom stereocenters. The summed E-state index contributed by atoms with van der Waals surface area (Å²) in [4.78, 5) is 8.69.